The third-order valence-corrected chi connectivity index (χ3v) is 8.16. The van der Waals surface area contributed by atoms with Gasteiger partial charge in [-0.1, -0.05) is 121 Å². The number of hydrogen-bond donors (Lipinski definition) is 0. The zero-order valence-corrected chi connectivity index (χ0v) is 23.0. The topological polar surface area (TPSA) is 36.9 Å². The smallest absolute Gasteiger partial charge is 0.112 e. The van der Waals surface area contributed by atoms with Gasteiger partial charge in [-0.25, -0.2) is 0 Å². The Morgan fingerprint density at radius 3 is 1.38 bits per heavy atom. The Labute approximate surface area is 236 Å². The van der Waals surface area contributed by atoms with Crippen molar-refractivity contribution >= 4 is 11.8 Å². The normalized spacial score (nSPS) is 21.0. The Bertz CT molecular complexity index is 1210. The summed E-state index contributed by atoms with van der Waals surface area (Å²) in [6.45, 7) is 2.71. The highest BCUT2D eigenvalue weighted by atomic mass is 32.2. The van der Waals surface area contributed by atoms with Gasteiger partial charge in [0.05, 0.1) is 44.4 Å². The number of benzene rings is 4. The molecule has 5 rings (SSSR count). The van der Waals surface area contributed by atoms with Crippen LogP contribution < -0.4 is 0 Å². The Hall–Kier alpha value is -2.93. The minimum absolute atomic E-state index is 0.106. The summed E-state index contributed by atoms with van der Waals surface area (Å²) in [5, 5.41) is 0.120. The van der Waals surface area contributed by atoms with Crippen molar-refractivity contribution in [1.29, 1.82) is 0 Å². The Kier molecular flexibility index (Phi) is 10.6. The minimum Gasteiger partial charge on any atom is -0.376 e. The van der Waals surface area contributed by atoms with E-state index in [0.717, 1.165) is 22.4 Å². The zero-order valence-electron chi connectivity index (χ0n) is 22.1. The summed E-state index contributed by atoms with van der Waals surface area (Å²) < 4.78 is 26.0. The van der Waals surface area contributed by atoms with Gasteiger partial charge in [-0.15, -0.1) is 0 Å². The van der Waals surface area contributed by atoms with Crippen LogP contribution in [0.15, 0.2) is 121 Å². The fraction of sp³-hybridized carbons (Fsp3) is 0.294. The van der Waals surface area contributed by atoms with Crippen molar-refractivity contribution in [3.05, 3.63) is 144 Å². The fourth-order valence-electron chi connectivity index (χ4n) is 4.70. The van der Waals surface area contributed by atoms with Crippen LogP contribution >= 0.6 is 11.8 Å². The first-order chi connectivity index (χ1) is 19.3. The molecule has 1 aliphatic rings. The van der Waals surface area contributed by atoms with Crippen LogP contribution in [-0.4, -0.2) is 35.9 Å². The molecule has 1 fully saturated rings. The van der Waals surface area contributed by atoms with Crippen LogP contribution in [0.25, 0.3) is 0 Å². The van der Waals surface area contributed by atoms with Crippen molar-refractivity contribution in [1.82, 2.24) is 0 Å². The highest BCUT2D eigenvalue weighted by Crippen LogP contribution is 2.34. The van der Waals surface area contributed by atoms with Gasteiger partial charge >= 0.3 is 0 Å². The van der Waals surface area contributed by atoms with E-state index in [1.807, 2.05) is 84.6 Å². The lowest BCUT2D eigenvalue weighted by molar-refractivity contribution is -0.152. The number of hydrogen-bond acceptors (Lipinski definition) is 5. The molecule has 4 nitrogen and oxygen atoms in total. The molecule has 5 heteroatoms. The molecule has 0 saturated carbocycles. The largest absolute Gasteiger partial charge is 0.376 e. The van der Waals surface area contributed by atoms with Crippen LogP contribution in [0.5, 0.6) is 0 Å². The van der Waals surface area contributed by atoms with Crippen molar-refractivity contribution < 1.29 is 18.9 Å². The molecule has 1 saturated heterocycles. The van der Waals surface area contributed by atoms with Gasteiger partial charge in [0.1, 0.15) is 12.2 Å². The summed E-state index contributed by atoms with van der Waals surface area (Å²) in [7, 11) is 0. The fourth-order valence-corrected chi connectivity index (χ4v) is 6.04. The summed E-state index contributed by atoms with van der Waals surface area (Å²) in [5.41, 5.74) is 4.59. The van der Waals surface area contributed by atoms with E-state index in [0.29, 0.717) is 33.0 Å². The maximum Gasteiger partial charge on any atom is 0.112 e. The predicted octanol–water partition coefficient (Wildman–Crippen LogP) is 7.07. The molecule has 0 aromatic heterocycles. The standard InChI is InChI=1S/C34H36O4S/c1-5-13-27(14-6-1)21-35-25-32-34(38-24-30-19-11-4-12-20-30)33(37-23-29-17-9-3-10-18-29)31(26-39-32)36-22-28-15-7-2-8-16-28/h1-20,31-34H,21-26H2/t31-,32-,33+,34+/m0/s1. The average molecular weight is 541 g/mol. The second kappa shape index (κ2) is 15.0. The van der Waals surface area contributed by atoms with E-state index >= 15 is 0 Å². The van der Waals surface area contributed by atoms with Crippen molar-refractivity contribution in [3.63, 3.8) is 0 Å². The second-order valence-corrected chi connectivity index (χ2v) is 11.0. The first-order valence-corrected chi connectivity index (χ1v) is 14.6. The molecule has 0 amide bonds. The molecule has 4 atom stereocenters. The van der Waals surface area contributed by atoms with E-state index < -0.39 is 0 Å². The number of rotatable bonds is 13. The second-order valence-electron chi connectivity index (χ2n) is 9.73. The van der Waals surface area contributed by atoms with Crippen LogP contribution in [-0.2, 0) is 45.4 Å². The van der Waals surface area contributed by atoms with E-state index in [1.54, 1.807) is 0 Å². The van der Waals surface area contributed by atoms with Crippen molar-refractivity contribution in [2.45, 2.75) is 50.0 Å². The molecule has 4 aromatic carbocycles. The Morgan fingerprint density at radius 1 is 0.487 bits per heavy atom. The summed E-state index contributed by atoms with van der Waals surface area (Å²) in [6, 6.07) is 41.2. The lowest BCUT2D eigenvalue weighted by atomic mass is 10.0. The van der Waals surface area contributed by atoms with Gasteiger partial charge in [0.2, 0.25) is 0 Å². The summed E-state index contributed by atoms with van der Waals surface area (Å²) in [4.78, 5) is 0. The summed E-state index contributed by atoms with van der Waals surface area (Å²) >= 11 is 1.86. The summed E-state index contributed by atoms with van der Waals surface area (Å²) in [5.74, 6) is 0.816. The summed E-state index contributed by atoms with van der Waals surface area (Å²) in [6.07, 6.45) is -0.529. The van der Waals surface area contributed by atoms with Gasteiger partial charge in [-0.3, -0.25) is 0 Å². The maximum atomic E-state index is 6.66. The molecular weight excluding hydrogens is 504 g/mol. The highest BCUT2D eigenvalue weighted by molar-refractivity contribution is 8.00. The molecule has 0 unspecified atom stereocenters. The van der Waals surface area contributed by atoms with Gasteiger partial charge in [-0.05, 0) is 22.3 Å². The molecule has 4 aromatic rings. The van der Waals surface area contributed by atoms with Gasteiger partial charge < -0.3 is 18.9 Å². The lowest BCUT2D eigenvalue weighted by Crippen LogP contribution is -2.53. The number of thioether (sulfide) groups is 1. The lowest BCUT2D eigenvalue weighted by Gasteiger charge is -2.42. The minimum atomic E-state index is -0.232. The molecule has 0 radical (unpaired) electrons. The van der Waals surface area contributed by atoms with E-state index in [-0.39, 0.29) is 23.6 Å². The molecule has 0 spiro atoms. The molecular formula is C34H36O4S. The first kappa shape index (κ1) is 27.6. The van der Waals surface area contributed by atoms with Crippen molar-refractivity contribution in [2.24, 2.45) is 0 Å². The van der Waals surface area contributed by atoms with Crippen molar-refractivity contribution in [2.75, 3.05) is 12.4 Å². The maximum absolute atomic E-state index is 6.66. The van der Waals surface area contributed by atoms with Crippen LogP contribution in [0.2, 0.25) is 0 Å². The van der Waals surface area contributed by atoms with Gasteiger partial charge in [-0.2, -0.15) is 11.8 Å². The van der Waals surface area contributed by atoms with Crippen LogP contribution in [0.4, 0.5) is 0 Å². The van der Waals surface area contributed by atoms with Crippen molar-refractivity contribution in [3.8, 4) is 0 Å². The molecule has 1 heterocycles. The van der Waals surface area contributed by atoms with E-state index in [1.165, 1.54) is 5.56 Å². The Balaban J connectivity index is 1.32. The Morgan fingerprint density at radius 2 is 0.897 bits per heavy atom. The first-order valence-electron chi connectivity index (χ1n) is 13.5. The molecule has 0 bridgehead atoms. The molecule has 202 valence electrons. The zero-order chi connectivity index (χ0) is 26.5. The third-order valence-electron chi connectivity index (χ3n) is 6.80. The van der Waals surface area contributed by atoms with Crippen LogP contribution in [0, 0.1) is 0 Å². The molecule has 0 aliphatic carbocycles. The van der Waals surface area contributed by atoms with E-state index in [9.17, 15) is 0 Å². The molecule has 1 aliphatic heterocycles. The van der Waals surface area contributed by atoms with E-state index in [2.05, 4.69) is 48.5 Å². The third kappa shape index (κ3) is 8.53. The number of ether oxygens (including phenoxy) is 4. The highest BCUT2D eigenvalue weighted by Gasteiger charge is 2.42. The quantitative estimate of drug-likeness (QED) is 0.181. The van der Waals surface area contributed by atoms with Gasteiger partial charge in [0, 0.05) is 5.75 Å². The van der Waals surface area contributed by atoms with Gasteiger partial charge in [0.15, 0.2) is 0 Å². The van der Waals surface area contributed by atoms with Crippen LogP contribution in [0.3, 0.4) is 0 Å². The predicted molar refractivity (Wildman–Crippen MR) is 157 cm³/mol. The van der Waals surface area contributed by atoms with E-state index in [4.69, 9.17) is 18.9 Å². The van der Waals surface area contributed by atoms with Crippen LogP contribution in [0.1, 0.15) is 22.3 Å². The van der Waals surface area contributed by atoms with Gasteiger partial charge in [0.25, 0.3) is 0 Å². The average Bonchev–Trinajstić information content (AvgIpc) is 3.00. The molecule has 39 heavy (non-hydrogen) atoms. The monoisotopic (exact) mass is 540 g/mol. The molecule has 0 N–H and O–H groups in total. The SMILES string of the molecule is c1ccc(COC[C@@H]2SC[C@H](OCc3ccccc3)[C@@H](OCc3ccccc3)[C@@H]2OCc2ccccc2)cc1.